The van der Waals surface area contributed by atoms with E-state index in [9.17, 15) is 9.59 Å². The predicted octanol–water partition coefficient (Wildman–Crippen LogP) is 1.99. The van der Waals surface area contributed by atoms with E-state index in [0.717, 1.165) is 25.9 Å². The van der Waals surface area contributed by atoms with E-state index in [1.807, 2.05) is 0 Å². The van der Waals surface area contributed by atoms with Gasteiger partial charge in [-0.3, -0.25) is 9.59 Å². The summed E-state index contributed by atoms with van der Waals surface area (Å²) in [4.78, 5) is 23.1. The molecule has 1 aromatic carbocycles. The van der Waals surface area contributed by atoms with Crippen molar-refractivity contribution in [1.29, 1.82) is 0 Å². The van der Waals surface area contributed by atoms with Gasteiger partial charge in [-0.15, -0.1) is 0 Å². The molecule has 114 valence electrons. The molecule has 0 spiro atoms. The molecular weight excluding hydrogens is 268 g/mol. The second-order valence-electron chi connectivity index (χ2n) is 5.26. The van der Waals surface area contributed by atoms with Crippen molar-refractivity contribution in [2.45, 2.75) is 32.3 Å². The maximum Gasteiger partial charge on any atom is 0.226 e. The van der Waals surface area contributed by atoms with Crippen molar-refractivity contribution in [3.63, 3.8) is 0 Å². The van der Waals surface area contributed by atoms with Gasteiger partial charge < -0.3 is 15.4 Å². The first-order chi connectivity index (χ1) is 10.1. The molecule has 1 heterocycles. The van der Waals surface area contributed by atoms with Gasteiger partial charge in [0.2, 0.25) is 5.91 Å². The summed E-state index contributed by atoms with van der Waals surface area (Å²) in [6.45, 7) is 3.90. The van der Waals surface area contributed by atoms with Crippen molar-refractivity contribution in [1.82, 2.24) is 5.32 Å². The van der Waals surface area contributed by atoms with E-state index >= 15 is 0 Å². The highest BCUT2D eigenvalue weighted by Crippen LogP contribution is 2.12. The van der Waals surface area contributed by atoms with Crippen LogP contribution < -0.4 is 10.6 Å². The molecule has 1 aromatic rings. The molecule has 1 saturated heterocycles. The smallest absolute Gasteiger partial charge is 0.226 e. The minimum absolute atomic E-state index is 0.0136. The quantitative estimate of drug-likeness (QED) is 0.786. The van der Waals surface area contributed by atoms with E-state index in [1.54, 1.807) is 24.3 Å². The van der Waals surface area contributed by atoms with E-state index in [2.05, 4.69) is 10.6 Å². The second-order valence-corrected chi connectivity index (χ2v) is 5.26. The van der Waals surface area contributed by atoms with E-state index < -0.39 is 0 Å². The van der Waals surface area contributed by atoms with Gasteiger partial charge in [0.1, 0.15) is 0 Å². The first kappa shape index (κ1) is 15.7. The number of ether oxygens (including phenoxy) is 1. The van der Waals surface area contributed by atoms with Crippen molar-refractivity contribution in [3.05, 3.63) is 29.8 Å². The topological polar surface area (TPSA) is 67.4 Å². The summed E-state index contributed by atoms with van der Waals surface area (Å²) in [6, 6.07) is 6.96. The van der Waals surface area contributed by atoms with Crippen molar-refractivity contribution in [2.75, 3.05) is 25.0 Å². The van der Waals surface area contributed by atoms with Gasteiger partial charge in [-0.1, -0.05) is 12.1 Å². The predicted molar refractivity (Wildman–Crippen MR) is 81.5 cm³/mol. The highest BCUT2D eigenvalue weighted by molar-refractivity contribution is 5.97. The molecule has 0 aromatic heterocycles. The Morgan fingerprint density at radius 3 is 2.81 bits per heavy atom. The normalized spacial score (nSPS) is 15.7. The van der Waals surface area contributed by atoms with Crippen LogP contribution in [0.1, 0.15) is 36.5 Å². The van der Waals surface area contributed by atoms with Crippen molar-refractivity contribution in [3.8, 4) is 0 Å². The summed E-state index contributed by atoms with van der Waals surface area (Å²) in [5.74, 6) is -0.107. The molecule has 2 N–H and O–H groups in total. The molecule has 5 nitrogen and oxygen atoms in total. The fraction of sp³-hybridized carbons (Fsp3) is 0.500. The van der Waals surface area contributed by atoms with Crippen molar-refractivity contribution < 1.29 is 14.3 Å². The van der Waals surface area contributed by atoms with Crippen LogP contribution in [0.5, 0.6) is 0 Å². The van der Waals surface area contributed by atoms with Crippen LogP contribution >= 0.6 is 0 Å². The summed E-state index contributed by atoms with van der Waals surface area (Å²) in [7, 11) is 0. The lowest BCUT2D eigenvalue weighted by molar-refractivity contribution is -0.117. The molecule has 1 amide bonds. The Balaban J connectivity index is 1.73. The molecule has 0 aliphatic carbocycles. The molecular formula is C16H22N2O3. The molecule has 21 heavy (non-hydrogen) atoms. The Bertz CT molecular complexity index is 496. The lowest BCUT2D eigenvalue weighted by atomic mass is 10.1. The van der Waals surface area contributed by atoms with Gasteiger partial charge in [0.05, 0.1) is 19.1 Å². The summed E-state index contributed by atoms with van der Waals surface area (Å²) in [5, 5.41) is 6.07. The zero-order valence-electron chi connectivity index (χ0n) is 12.4. The third-order valence-electron chi connectivity index (χ3n) is 3.52. The standard InChI is InChI=1S/C16H22N2O3/c1-12(19)13-3-2-4-14(11-13)18-16(20)7-10-21-15-5-8-17-9-6-15/h2-4,11,15,17H,5-10H2,1H3,(H,18,20). The van der Waals surface area contributed by atoms with Gasteiger partial charge in [0, 0.05) is 11.3 Å². The number of ketones is 1. The number of amides is 1. The lowest BCUT2D eigenvalue weighted by Crippen LogP contribution is -2.33. The average Bonchev–Trinajstić information content (AvgIpc) is 2.48. The molecule has 0 bridgehead atoms. The third kappa shape index (κ3) is 5.28. The van der Waals surface area contributed by atoms with Crippen LogP contribution in [0.25, 0.3) is 0 Å². The maximum absolute atomic E-state index is 11.8. The highest BCUT2D eigenvalue weighted by Gasteiger charge is 2.13. The number of hydrogen-bond donors (Lipinski definition) is 2. The van der Waals surface area contributed by atoms with Crippen LogP contribution in [0.3, 0.4) is 0 Å². The number of Topliss-reactive ketones (excluding diaryl/α,β-unsaturated/α-hetero) is 1. The molecule has 1 fully saturated rings. The number of carbonyl (C=O) groups excluding carboxylic acids is 2. The number of benzene rings is 1. The molecule has 5 heteroatoms. The average molecular weight is 290 g/mol. The number of piperidine rings is 1. The molecule has 0 saturated carbocycles. The number of hydrogen-bond acceptors (Lipinski definition) is 4. The number of rotatable bonds is 6. The first-order valence-corrected chi connectivity index (χ1v) is 7.38. The second kappa shape index (κ2) is 7.90. The summed E-state index contributed by atoms with van der Waals surface area (Å²) >= 11 is 0. The summed E-state index contributed by atoms with van der Waals surface area (Å²) < 4.78 is 5.70. The van der Waals surface area contributed by atoms with E-state index in [-0.39, 0.29) is 17.8 Å². The highest BCUT2D eigenvalue weighted by atomic mass is 16.5. The Morgan fingerprint density at radius 2 is 2.10 bits per heavy atom. The Morgan fingerprint density at radius 1 is 1.33 bits per heavy atom. The third-order valence-corrected chi connectivity index (χ3v) is 3.52. The Kier molecular flexibility index (Phi) is 5.90. The number of carbonyl (C=O) groups is 2. The SMILES string of the molecule is CC(=O)c1cccc(NC(=O)CCOC2CCNCC2)c1. The molecule has 0 radical (unpaired) electrons. The fourth-order valence-electron chi connectivity index (χ4n) is 2.32. The van der Waals surface area contributed by atoms with Crippen LogP contribution in [-0.4, -0.2) is 37.5 Å². The van der Waals surface area contributed by atoms with Crippen LogP contribution in [0, 0.1) is 0 Å². The monoisotopic (exact) mass is 290 g/mol. The largest absolute Gasteiger partial charge is 0.378 e. The van der Waals surface area contributed by atoms with E-state index in [1.165, 1.54) is 6.92 Å². The minimum Gasteiger partial charge on any atom is -0.378 e. The number of anilines is 1. The molecule has 2 rings (SSSR count). The Labute approximate surface area is 125 Å². The molecule has 0 atom stereocenters. The van der Waals surface area contributed by atoms with Crippen LogP contribution in [0.2, 0.25) is 0 Å². The lowest BCUT2D eigenvalue weighted by Gasteiger charge is -2.22. The molecule has 0 unspecified atom stereocenters. The maximum atomic E-state index is 11.8. The van der Waals surface area contributed by atoms with Crippen molar-refractivity contribution in [2.24, 2.45) is 0 Å². The van der Waals surface area contributed by atoms with Crippen LogP contribution in [-0.2, 0) is 9.53 Å². The van der Waals surface area contributed by atoms with Gasteiger partial charge in [-0.2, -0.15) is 0 Å². The van der Waals surface area contributed by atoms with E-state index in [0.29, 0.717) is 24.3 Å². The minimum atomic E-state index is -0.0929. The van der Waals surface area contributed by atoms with Gasteiger partial charge in [0.25, 0.3) is 0 Å². The van der Waals surface area contributed by atoms with Crippen LogP contribution in [0.4, 0.5) is 5.69 Å². The summed E-state index contributed by atoms with van der Waals surface area (Å²) in [6.07, 6.45) is 2.60. The van der Waals surface area contributed by atoms with Gasteiger partial charge in [-0.05, 0) is 45.0 Å². The van der Waals surface area contributed by atoms with Gasteiger partial charge >= 0.3 is 0 Å². The molecule has 1 aliphatic rings. The van der Waals surface area contributed by atoms with Crippen LogP contribution in [0.15, 0.2) is 24.3 Å². The summed E-state index contributed by atoms with van der Waals surface area (Å²) in [5.41, 5.74) is 1.24. The fourth-order valence-corrected chi connectivity index (χ4v) is 2.32. The number of nitrogens with one attached hydrogen (secondary N) is 2. The zero-order valence-corrected chi connectivity index (χ0v) is 12.4. The first-order valence-electron chi connectivity index (χ1n) is 7.38. The van der Waals surface area contributed by atoms with E-state index in [4.69, 9.17) is 4.74 Å². The zero-order chi connectivity index (χ0) is 15.1. The van der Waals surface area contributed by atoms with Crippen molar-refractivity contribution >= 4 is 17.4 Å². The Hall–Kier alpha value is -1.72. The molecule has 1 aliphatic heterocycles. The van der Waals surface area contributed by atoms with Gasteiger partial charge in [0.15, 0.2) is 5.78 Å². The van der Waals surface area contributed by atoms with Gasteiger partial charge in [-0.25, -0.2) is 0 Å².